The van der Waals surface area contributed by atoms with Crippen LogP contribution in [0.1, 0.15) is 30.8 Å². The van der Waals surface area contributed by atoms with Gasteiger partial charge in [-0.05, 0) is 33.3 Å². The second-order valence-electron chi connectivity index (χ2n) is 4.26. The van der Waals surface area contributed by atoms with E-state index in [-0.39, 0.29) is 0 Å². The van der Waals surface area contributed by atoms with Crippen molar-refractivity contribution in [1.29, 1.82) is 0 Å². The molecule has 0 aliphatic carbocycles. The van der Waals surface area contributed by atoms with E-state index in [0.717, 1.165) is 17.0 Å². The second kappa shape index (κ2) is 3.14. The van der Waals surface area contributed by atoms with Crippen molar-refractivity contribution in [2.45, 2.75) is 39.7 Å². The van der Waals surface area contributed by atoms with Gasteiger partial charge in [-0.2, -0.15) is 5.10 Å². The second-order valence-corrected chi connectivity index (χ2v) is 4.26. The van der Waals surface area contributed by atoms with E-state index in [2.05, 4.69) is 5.10 Å². The minimum absolute atomic E-state index is 0.654. The molecule has 1 heterocycles. The molecule has 0 aliphatic rings. The van der Waals surface area contributed by atoms with Crippen molar-refractivity contribution >= 4 is 0 Å². The Labute approximate surface area is 79.4 Å². The van der Waals surface area contributed by atoms with E-state index in [1.165, 1.54) is 0 Å². The number of aliphatic hydroxyl groups is 1. The third-order valence-corrected chi connectivity index (χ3v) is 2.27. The molecule has 13 heavy (non-hydrogen) atoms. The predicted molar refractivity (Wildman–Crippen MR) is 52.7 cm³/mol. The standard InChI is InChI=1S/C10H18N2O/c1-7-9(6-10(3,4)13)8(2)12(5)11-7/h13H,6H2,1-5H3. The lowest BCUT2D eigenvalue weighted by molar-refractivity contribution is 0.0806. The Bertz CT molecular complexity index is 307. The minimum atomic E-state index is -0.654. The van der Waals surface area contributed by atoms with Gasteiger partial charge in [0.1, 0.15) is 0 Å². The van der Waals surface area contributed by atoms with E-state index in [1.54, 1.807) is 0 Å². The van der Waals surface area contributed by atoms with Gasteiger partial charge in [0.25, 0.3) is 0 Å². The smallest absolute Gasteiger partial charge is 0.0633 e. The third-order valence-electron chi connectivity index (χ3n) is 2.27. The molecule has 0 unspecified atom stereocenters. The highest BCUT2D eigenvalue weighted by atomic mass is 16.3. The van der Waals surface area contributed by atoms with Crippen molar-refractivity contribution in [3.8, 4) is 0 Å². The molecule has 0 saturated heterocycles. The van der Waals surface area contributed by atoms with E-state index in [4.69, 9.17) is 0 Å². The van der Waals surface area contributed by atoms with Crippen molar-refractivity contribution in [3.05, 3.63) is 17.0 Å². The zero-order chi connectivity index (χ0) is 10.2. The quantitative estimate of drug-likeness (QED) is 0.749. The molecule has 1 rings (SSSR count). The summed E-state index contributed by atoms with van der Waals surface area (Å²) in [6.07, 6.45) is 0.665. The summed E-state index contributed by atoms with van der Waals surface area (Å²) in [5, 5.41) is 14.0. The van der Waals surface area contributed by atoms with Gasteiger partial charge in [-0.15, -0.1) is 0 Å². The van der Waals surface area contributed by atoms with Gasteiger partial charge in [0, 0.05) is 19.2 Å². The zero-order valence-corrected chi connectivity index (χ0v) is 9.05. The average molecular weight is 182 g/mol. The summed E-state index contributed by atoms with van der Waals surface area (Å²) < 4.78 is 1.86. The minimum Gasteiger partial charge on any atom is -0.390 e. The largest absolute Gasteiger partial charge is 0.390 e. The van der Waals surface area contributed by atoms with Gasteiger partial charge in [0.05, 0.1) is 11.3 Å². The zero-order valence-electron chi connectivity index (χ0n) is 9.05. The molecule has 0 atom stereocenters. The number of hydrogen-bond donors (Lipinski definition) is 1. The van der Waals surface area contributed by atoms with Crippen molar-refractivity contribution in [1.82, 2.24) is 9.78 Å². The average Bonchev–Trinajstić information content (AvgIpc) is 2.14. The predicted octanol–water partition coefficient (Wildman–Crippen LogP) is 1.35. The Morgan fingerprint density at radius 3 is 2.23 bits per heavy atom. The highest BCUT2D eigenvalue weighted by molar-refractivity contribution is 5.25. The van der Waals surface area contributed by atoms with Gasteiger partial charge in [-0.1, -0.05) is 0 Å². The highest BCUT2D eigenvalue weighted by Gasteiger charge is 2.19. The van der Waals surface area contributed by atoms with E-state index >= 15 is 0 Å². The number of hydrogen-bond acceptors (Lipinski definition) is 2. The van der Waals surface area contributed by atoms with Crippen LogP contribution in [-0.2, 0) is 13.5 Å². The van der Waals surface area contributed by atoms with Gasteiger partial charge in [0.15, 0.2) is 0 Å². The van der Waals surface area contributed by atoms with Gasteiger partial charge < -0.3 is 5.11 Å². The topological polar surface area (TPSA) is 38.0 Å². The maximum absolute atomic E-state index is 9.69. The first-order valence-corrected chi connectivity index (χ1v) is 4.53. The Morgan fingerprint density at radius 1 is 1.38 bits per heavy atom. The molecule has 1 aromatic heterocycles. The van der Waals surface area contributed by atoms with Crippen molar-refractivity contribution < 1.29 is 5.11 Å². The molecule has 0 aliphatic heterocycles. The first kappa shape index (κ1) is 10.3. The van der Waals surface area contributed by atoms with Crippen LogP contribution in [-0.4, -0.2) is 20.5 Å². The first-order valence-electron chi connectivity index (χ1n) is 4.53. The molecule has 0 fully saturated rings. The van der Waals surface area contributed by atoms with Crippen molar-refractivity contribution in [2.75, 3.05) is 0 Å². The molecule has 3 nitrogen and oxygen atoms in total. The Kier molecular flexibility index (Phi) is 2.48. The fraction of sp³-hybridized carbons (Fsp3) is 0.700. The monoisotopic (exact) mass is 182 g/mol. The van der Waals surface area contributed by atoms with Crippen LogP contribution in [0, 0.1) is 13.8 Å². The van der Waals surface area contributed by atoms with Gasteiger partial charge in [-0.3, -0.25) is 4.68 Å². The van der Waals surface area contributed by atoms with Crippen LogP contribution >= 0.6 is 0 Å². The fourth-order valence-electron chi connectivity index (χ4n) is 1.51. The van der Waals surface area contributed by atoms with Gasteiger partial charge >= 0.3 is 0 Å². The lowest BCUT2D eigenvalue weighted by Crippen LogP contribution is -2.22. The molecule has 74 valence electrons. The van der Waals surface area contributed by atoms with Crippen LogP contribution in [0.5, 0.6) is 0 Å². The summed E-state index contributed by atoms with van der Waals surface area (Å²) in [7, 11) is 1.93. The van der Waals surface area contributed by atoms with E-state index in [1.807, 2.05) is 39.4 Å². The van der Waals surface area contributed by atoms with Crippen LogP contribution in [0.2, 0.25) is 0 Å². The van der Waals surface area contributed by atoms with E-state index in [9.17, 15) is 5.11 Å². The molecule has 1 N–H and O–H groups in total. The third kappa shape index (κ3) is 2.31. The summed E-state index contributed by atoms with van der Waals surface area (Å²) in [6.45, 7) is 7.65. The molecule has 0 spiro atoms. The Hall–Kier alpha value is -0.830. The Balaban J connectivity index is 3.01. The number of aryl methyl sites for hydroxylation is 2. The summed E-state index contributed by atoms with van der Waals surface area (Å²) in [6, 6.07) is 0. The van der Waals surface area contributed by atoms with E-state index < -0.39 is 5.60 Å². The van der Waals surface area contributed by atoms with Crippen LogP contribution in [0.25, 0.3) is 0 Å². The van der Waals surface area contributed by atoms with Crippen molar-refractivity contribution in [2.24, 2.45) is 7.05 Å². The van der Waals surface area contributed by atoms with Gasteiger partial charge in [-0.25, -0.2) is 0 Å². The van der Waals surface area contributed by atoms with Crippen LogP contribution in [0.3, 0.4) is 0 Å². The van der Waals surface area contributed by atoms with Crippen LogP contribution in [0.15, 0.2) is 0 Å². The molecule has 0 aromatic carbocycles. The number of nitrogens with zero attached hydrogens (tertiary/aromatic N) is 2. The molecule has 0 bridgehead atoms. The number of aromatic nitrogens is 2. The molecule has 0 radical (unpaired) electrons. The molecule has 3 heteroatoms. The molecule has 1 aromatic rings. The maximum Gasteiger partial charge on any atom is 0.0633 e. The van der Waals surface area contributed by atoms with Gasteiger partial charge in [0.2, 0.25) is 0 Å². The van der Waals surface area contributed by atoms with Crippen molar-refractivity contribution in [3.63, 3.8) is 0 Å². The summed E-state index contributed by atoms with van der Waals surface area (Å²) >= 11 is 0. The molecule has 0 saturated carbocycles. The Morgan fingerprint density at radius 2 is 1.92 bits per heavy atom. The highest BCUT2D eigenvalue weighted by Crippen LogP contribution is 2.18. The lowest BCUT2D eigenvalue weighted by Gasteiger charge is -2.16. The lowest BCUT2D eigenvalue weighted by atomic mass is 9.97. The first-order chi connectivity index (χ1) is 5.81. The normalized spacial score (nSPS) is 12.2. The molecular formula is C10H18N2O. The SMILES string of the molecule is Cc1nn(C)c(C)c1CC(C)(C)O. The summed E-state index contributed by atoms with van der Waals surface area (Å²) in [5.41, 5.74) is 2.66. The molecule has 0 amide bonds. The molecular weight excluding hydrogens is 164 g/mol. The van der Waals surface area contributed by atoms with Crippen LogP contribution < -0.4 is 0 Å². The summed E-state index contributed by atoms with van der Waals surface area (Å²) in [5.74, 6) is 0. The number of rotatable bonds is 2. The van der Waals surface area contributed by atoms with Crippen LogP contribution in [0.4, 0.5) is 0 Å². The van der Waals surface area contributed by atoms with E-state index in [0.29, 0.717) is 6.42 Å². The maximum atomic E-state index is 9.69. The fourth-order valence-corrected chi connectivity index (χ4v) is 1.51. The summed E-state index contributed by atoms with van der Waals surface area (Å²) in [4.78, 5) is 0.